The third-order valence-corrected chi connectivity index (χ3v) is 1.94. The van der Waals surface area contributed by atoms with Crippen LogP contribution < -0.4 is 5.32 Å². The summed E-state index contributed by atoms with van der Waals surface area (Å²) in [5, 5.41) is 7.52. The van der Waals surface area contributed by atoms with Gasteiger partial charge in [-0.1, -0.05) is 15.9 Å². The summed E-state index contributed by atoms with van der Waals surface area (Å²) in [4.78, 5) is 11.0. The van der Waals surface area contributed by atoms with Crippen LogP contribution in [0.1, 0.15) is 6.42 Å². The third kappa shape index (κ3) is 4.07. The predicted octanol–water partition coefficient (Wildman–Crippen LogP) is 0.784. The van der Waals surface area contributed by atoms with Crippen molar-refractivity contribution in [1.29, 1.82) is 0 Å². The fourth-order valence-corrected chi connectivity index (χ4v) is 1.28. The maximum absolute atomic E-state index is 11.0. The molecule has 0 aliphatic rings. The molecule has 1 heterocycles. The second-order valence-corrected chi connectivity index (χ2v) is 3.35. The van der Waals surface area contributed by atoms with E-state index in [1.807, 2.05) is 12.3 Å². The number of nitrogens with zero attached hydrogens (tertiary/aromatic N) is 2. The molecule has 4 nitrogen and oxygen atoms in total. The van der Waals surface area contributed by atoms with E-state index in [1.165, 1.54) is 0 Å². The first-order chi connectivity index (χ1) is 6.33. The fraction of sp³-hybridized carbons (Fsp3) is 0.500. The van der Waals surface area contributed by atoms with Crippen LogP contribution >= 0.6 is 15.9 Å². The van der Waals surface area contributed by atoms with Gasteiger partial charge in [-0.3, -0.25) is 9.48 Å². The normalized spacial score (nSPS) is 9.92. The first-order valence-corrected chi connectivity index (χ1v) is 5.25. The number of alkyl halides is 1. The number of amides is 1. The van der Waals surface area contributed by atoms with Gasteiger partial charge in [0, 0.05) is 30.7 Å². The van der Waals surface area contributed by atoms with Crippen LogP contribution in [0.15, 0.2) is 18.5 Å². The van der Waals surface area contributed by atoms with Crippen molar-refractivity contribution in [2.75, 3.05) is 11.9 Å². The maximum Gasteiger partial charge on any atom is 0.220 e. The van der Waals surface area contributed by atoms with E-state index in [0.29, 0.717) is 18.3 Å². The number of hydrogen-bond donors (Lipinski definition) is 1. The summed E-state index contributed by atoms with van der Waals surface area (Å²) in [7, 11) is 0. The van der Waals surface area contributed by atoms with E-state index in [1.54, 1.807) is 10.9 Å². The predicted molar refractivity (Wildman–Crippen MR) is 53.6 cm³/mol. The molecular formula is C8H12BrN3O. The minimum Gasteiger partial charge on any atom is -0.354 e. The van der Waals surface area contributed by atoms with E-state index in [9.17, 15) is 4.79 Å². The lowest BCUT2D eigenvalue weighted by Crippen LogP contribution is -2.27. The molecule has 5 heteroatoms. The Bertz CT molecular complexity index is 248. The third-order valence-electron chi connectivity index (χ3n) is 1.54. The zero-order chi connectivity index (χ0) is 9.52. The molecule has 0 radical (unpaired) electrons. The Kier molecular flexibility index (Phi) is 4.53. The minimum atomic E-state index is 0.0732. The van der Waals surface area contributed by atoms with Gasteiger partial charge in [0.2, 0.25) is 5.91 Å². The summed E-state index contributed by atoms with van der Waals surface area (Å²) in [6.07, 6.45) is 4.12. The fourth-order valence-electron chi connectivity index (χ4n) is 0.917. The van der Waals surface area contributed by atoms with Crippen molar-refractivity contribution in [2.45, 2.75) is 13.0 Å². The van der Waals surface area contributed by atoms with Crippen molar-refractivity contribution < 1.29 is 4.79 Å². The van der Waals surface area contributed by atoms with Gasteiger partial charge in [-0.25, -0.2) is 0 Å². The van der Waals surface area contributed by atoms with Crippen LogP contribution in [0.5, 0.6) is 0 Å². The summed E-state index contributed by atoms with van der Waals surface area (Å²) in [6, 6.07) is 1.86. The highest BCUT2D eigenvalue weighted by Crippen LogP contribution is 1.87. The molecule has 0 saturated heterocycles. The second-order valence-electron chi connectivity index (χ2n) is 2.56. The zero-order valence-corrected chi connectivity index (χ0v) is 8.83. The molecule has 0 bridgehead atoms. The summed E-state index contributed by atoms with van der Waals surface area (Å²) < 4.78 is 1.79. The lowest BCUT2D eigenvalue weighted by atomic mass is 10.4. The van der Waals surface area contributed by atoms with Gasteiger partial charge in [-0.15, -0.1) is 0 Å². The van der Waals surface area contributed by atoms with E-state index < -0.39 is 0 Å². The molecule has 0 saturated carbocycles. The summed E-state index contributed by atoms with van der Waals surface area (Å²) in [5.74, 6) is 0.0732. The zero-order valence-electron chi connectivity index (χ0n) is 7.24. The Labute approximate surface area is 85.4 Å². The maximum atomic E-state index is 11.0. The molecule has 0 fully saturated rings. The molecule has 72 valence electrons. The SMILES string of the molecule is O=C(CCBr)NCCn1cccn1. The average Bonchev–Trinajstić information content (AvgIpc) is 2.57. The van der Waals surface area contributed by atoms with Crippen LogP contribution in [-0.4, -0.2) is 27.6 Å². The van der Waals surface area contributed by atoms with Crippen molar-refractivity contribution in [3.8, 4) is 0 Å². The number of halogens is 1. The standard InChI is InChI=1S/C8H12BrN3O/c9-3-2-8(13)10-5-7-12-6-1-4-11-12/h1,4,6H,2-3,5,7H2,(H,10,13). The van der Waals surface area contributed by atoms with Crippen LogP contribution in [0.4, 0.5) is 0 Å². The number of aromatic nitrogens is 2. The topological polar surface area (TPSA) is 46.9 Å². The number of carbonyl (C=O) groups is 1. The van der Waals surface area contributed by atoms with Crippen LogP contribution in [0.25, 0.3) is 0 Å². The Morgan fingerprint density at radius 1 is 1.62 bits per heavy atom. The molecule has 1 rings (SSSR count). The van der Waals surface area contributed by atoms with Crippen LogP contribution in [0, 0.1) is 0 Å². The second kappa shape index (κ2) is 5.75. The van der Waals surface area contributed by atoms with Gasteiger partial charge in [0.05, 0.1) is 6.54 Å². The molecule has 0 aliphatic carbocycles. The lowest BCUT2D eigenvalue weighted by molar-refractivity contribution is -0.120. The van der Waals surface area contributed by atoms with Gasteiger partial charge < -0.3 is 5.32 Å². The molecule has 1 amide bonds. The molecule has 13 heavy (non-hydrogen) atoms. The van der Waals surface area contributed by atoms with E-state index in [0.717, 1.165) is 6.54 Å². The van der Waals surface area contributed by atoms with Crippen molar-refractivity contribution in [1.82, 2.24) is 15.1 Å². The Morgan fingerprint density at radius 2 is 2.46 bits per heavy atom. The van der Waals surface area contributed by atoms with Crippen LogP contribution in [-0.2, 0) is 11.3 Å². The molecule has 0 spiro atoms. The highest BCUT2D eigenvalue weighted by atomic mass is 79.9. The molecule has 0 aliphatic heterocycles. The molecule has 0 unspecified atom stereocenters. The first kappa shape index (κ1) is 10.2. The van der Waals surface area contributed by atoms with Crippen molar-refractivity contribution >= 4 is 21.8 Å². The van der Waals surface area contributed by atoms with Crippen LogP contribution in [0.3, 0.4) is 0 Å². The molecule has 1 aromatic rings. The first-order valence-electron chi connectivity index (χ1n) is 4.13. The number of carbonyl (C=O) groups excluding carboxylic acids is 1. The van der Waals surface area contributed by atoms with Gasteiger partial charge in [-0.2, -0.15) is 5.10 Å². The molecular weight excluding hydrogens is 234 g/mol. The lowest BCUT2D eigenvalue weighted by Gasteiger charge is -2.03. The number of rotatable bonds is 5. The smallest absolute Gasteiger partial charge is 0.220 e. The van der Waals surface area contributed by atoms with Gasteiger partial charge in [0.25, 0.3) is 0 Å². The highest BCUT2D eigenvalue weighted by molar-refractivity contribution is 9.09. The number of nitrogens with one attached hydrogen (secondary N) is 1. The Morgan fingerprint density at radius 3 is 3.08 bits per heavy atom. The van der Waals surface area contributed by atoms with E-state index >= 15 is 0 Å². The molecule has 0 aromatic carbocycles. The number of hydrogen-bond acceptors (Lipinski definition) is 2. The Balaban J connectivity index is 2.11. The molecule has 1 N–H and O–H groups in total. The van der Waals surface area contributed by atoms with E-state index in [4.69, 9.17) is 0 Å². The average molecular weight is 246 g/mol. The van der Waals surface area contributed by atoms with E-state index in [-0.39, 0.29) is 5.91 Å². The molecule has 1 aromatic heterocycles. The monoisotopic (exact) mass is 245 g/mol. The quantitative estimate of drug-likeness (QED) is 0.780. The van der Waals surface area contributed by atoms with Gasteiger partial charge in [0.15, 0.2) is 0 Å². The Hall–Kier alpha value is -0.840. The summed E-state index contributed by atoms with van der Waals surface area (Å²) in [6.45, 7) is 1.36. The highest BCUT2D eigenvalue weighted by Gasteiger charge is 1.97. The largest absolute Gasteiger partial charge is 0.354 e. The van der Waals surface area contributed by atoms with E-state index in [2.05, 4.69) is 26.3 Å². The van der Waals surface area contributed by atoms with Crippen molar-refractivity contribution in [3.63, 3.8) is 0 Å². The van der Waals surface area contributed by atoms with Crippen LogP contribution in [0.2, 0.25) is 0 Å². The van der Waals surface area contributed by atoms with Gasteiger partial charge in [-0.05, 0) is 6.07 Å². The van der Waals surface area contributed by atoms with Crippen molar-refractivity contribution in [3.05, 3.63) is 18.5 Å². The summed E-state index contributed by atoms with van der Waals surface area (Å²) in [5.41, 5.74) is 0. The van der Waals surface area contributed by atoms with Gasteiger partial charge in [0.1, 0.15) is 0 Å². The summed E-state index contributed by atoms with van der Waals surface area (Å²) >= 11 is 3.20. The van der Waals surface area contributed by atoms with Gasteiger partial charge >= 0.3 is 0 Å². The minimum absolute atomic E-state index is 0.0732. The molecule has 0 atom stereocenters. The van der Waals surface area contributed by atoms with Crippen molar-refractivity contribution in [2.24, 2.45) is 0 Å².